The van der Waals surface area contributed by atoms with Gasteiger partial charge in [-0.25, -0.2) is 4.98 Å². The van der Waals surface area contributed by atoms with Gasteiger partial charge in [0.25, 0.3) is 0 Å². The van der Waals surface area contributed by atoms with E-state index in [2.05, 4.69) is 62.0 Å². The van der Waals surface area contributed by atoms with E-state index in [-0.39, 0.29) is 0 Å². The first-order valence-electron chi connectivity index (χ1n) is 8.10. The number of nitrogens with one attached hydrogen (secondary N) is 1. The van der Waals surface area contributed by atoms with Crippen molar-refractivity contribution in [2.75, 3.05) is 5.32 Å². The summed E-state index contributed by atoms with van der Waals surface area (Å²) < 4.78 is 2.20. The van der Waals surface area contributed by atoms with Crippen LogP contribution in [0.15, 0.2) is 24.3 Å². The van der Waals surface area contributed by atoms with Crippen LogP contribution >= 0.6 is 0 Å². The van der Waals surface area contributed by atoms with Gasteiger partial charge in [0, 0.05) is 13.1 Å². The Morgan fingerprint density at radius 3 is 2.67 bits per heavy atom. The van der Waals surface area contributed by atoms with Gasteiger partial charge in [-0.1, -0.05) is 32.9 Å². The molecule has 2 aliphatic carbocycles. The van der Waals surface area contributed by atoms with Crippen LogP contribution in [-0.2, 0) is 7.05 Å². The second-order valence-electron chi connectivity index (χ2n) is 7.98. The largest absolute Gasteiger partial charge is 0.352 e. The highest BCUT2D eigenvalue weighted by Gasteiger charge is 2.59. The van der Waals surface area contributed by atoms with Gasteiger partial charge < -0.3 is 9.88 Å². The number of hydrogen-bond acceptors (Lipinski definition) is 2. The Morgan fingerprint density at radius 1 is 1.24 bits per heavy atom. The first kappa shape index (κ1) is 13.2. The lowest BCUT2D eigenvalue weighted by Crippen LogP contribution is -2.46. The van der Waals surface area contributed by atoms with Crippen molar-refractivity contribution in [1.82, 2.24) is 9.55 Å². The standard InChI is InChI=1S/C18H25N3/c1-17(2)12-9-10-18(3,11-12)15(17)20-16-19-13-7-5-6-8-14(13)21(16)4/h5-8,12,15H,9-11H2,1-4H3,(H,19,20). The van der Waals surface area contributed by atoms with E-state index >= 15 is 0 Å². The van der Waals surface area contributed by atoms with Gasteiger partial charge in [0.05, 0.1) is 11.0 Å². The number of hydrogen-bond donors (Lipinski definition) is 1. The minimum absolute atomic E-state index is 0.352. The molecule has 1 aromatic heterocycles. The van der Waals surface area contributed by atoms with Crippen molar-refractivity contribution < 1.29 is 0 Å². The van der Waals surface area contributed by atoms with Gasteiger partial charge in [-0.2, -0.15) is 0 Å². The number of imidazole rings is 1. The number of rotatable bonds is 2. The maximum Gasteiger partial charge on any atom is 0.203 e. The van der Waals surface area contributed by atoms with Crippen molar-refractivity contribution in [2.24, 2.45) is 23.8 Å². The molecule has 1 N–H and O–H groups in total. The fourth-order valence-electron chi connectivity index (χ4n) is 5.07. The number of fused-ring (bicyclic) bond motifs is 3. The maximum absolute atomic E-state index is 4.81. The molecule has 0 amide bonds. The molecule has 0 radical (unpaired) electrons. The SMILES string of the molecule is Cn1c(NC2C3(C)CCC(C3)C2(C)C)nc2ccccc21. The van der Waals surface area contributed by atoms with Gasteiger partial charge in [-0.3, -0.25) is 0 Å². The first-order chi connectivity index (χ1) is 9.92. The lowest BCUT2D eigenvalue weighted by Gasteiger charge is -2.43. The number of anilines is 1. The Labute approximate surface area is 126 Å². The smallest absolute Gasteiger partial charge is 0.203 e. The van der Waals surface area contributed by atoms with Gasteiger partial charge in [0.1, 0.15) is 0 Å². The number of nitrogens with zero attached hydrogens (tertiary/aromatic N) is 2. The van der Waals surface area contributed by atoms with E-state index in [4.69, 9.17) is 4.98 Å². The van der Waals surface area contributed by atoms with Crippen molar-refractivity contribution in [3.8, 4) is 0 Å². The Morgan fingerprint density at radius 2 is 2.00 bits per heavy atom. The predicted molar refractivity (Wildman–Crippen MR) is 87.4 cm³/mol. The van der Waals surface area contributed by atoms with Crippen molar-refractivity contribution >= 4 is 17.0 Å². The van der Waals surface area contributed by atoms with Crippen molar-refractivity contribution in [3.63, 3.8) is 0 Å². The zero-order valence-electron chi connectivity index (χ0n) is 13.5. The van der Waals surface area contributed by atoms with Crippen LogP contribution < -0.4 is 5.32 Å². The number of aryl methyl sites for hydroxylation is 1. The van der Waals surface area contributed by atoms with Crippen molar-refractivity contribution in [2.45, 2.75) is 46.1 Å². The van der Waals surface area contributed by atoms with E-state index < -0.39 is 0 Å². The molecule has 112 valence electrons. The molecule has 4 rings (SSSR count). The molecule has 1 heterocycles. The van der Waals surface area contributed by atoms with Gasteiger partial charge in [0.2, 0.25) is 5.95 Å². The molecular formula is C18H25N3. The van der Waals surface area contributed by atoms with Crippen LogP contribution in [-0.4, -0.2) is 15.6 Å². The predicted octanol–water partition coefficient (Wildman–Crippen LogP) is 4.20. The molecular weight excluding hydrogens is 258 g/mol. The topological polar surface area (TPSA) is 29.9 Å². The minimum atomic E-state index is 0.352. The summed E-state index contributed by atoms with van der Waals surface area (Å²) in [7, 11) is 2.11. The summed E-state index contributed by atoms with van der Waals surface area (Å²) in [5.41, 5.74) is 3.05. The highest BCUT2D eigenvalue weighted by Crippen LogP contribution is 2.63. The molecule has 2 aliphatic rings. The summed E-state index contributed by atoms with van der Waals surface area (Å²) in [4.78, 5) is 4.81. The normalized spacial score (nSPS) is 33.7. The highest BCUT2D eigenvalue weighted by atomic mass is 15.2. The minimum Gasteiger partial charge on any atom is -0.352 e. The zero-order chi connectivity index (χ0) is 14.8. The molecule has 2 fully saturated rings. The van der Waals surface area contributed by atoms with Crippen molar-refractivity contribution in [1.29, 1.82) is 0 Å². The molecule has 1 aromatic carbocycles. The summed E-state index contributed by atoms with van der Waals surface area (Å²) >= 11 is 0. The Bertz CT molecular complexity index is 695. The molecule has 21 heavy (non-hydrogen) atoms. The number of benzene rings is 1. The fraction of sp³-hybridized carbons (Fsp3) is 0.611. The average molecular weight is 283 g/mol. The van der Waals surface area contributed by atoms with Crippen LogP contribution in [0.3, 0.4) is 0 Å². The molecule has 2 bridgehead atoms. The van der Waals surface area contributed by atoms with E-state index in [9.17, 15) is 0 Å². The summed E-state index contributed by atoms with van der Waals surface area (Å²) in [6, 6.07) is 8.88. The van der Waals surface area contributed by atoms with Crippen LogP contribution in [0.5, 0.6) is 0 Å². The van der Waals surface area contributed by atoms with E-state index in [0.29, 0.717) is 16.9 Å². The van der Waals surface area contributed by atoms with E-state index in [1.807, 2.05) is 0 Å². The number of para-hydroxylation sites is 2. The summed E-state index contributed by atoms with van der Waals surface area (Å²) in [5, 5.41) is 3.81. The van der Waals surface area contributed by atoms with Gasteiger partial charge >= 0.3 is 0 Å². The molecule has 2 aromatic rings. The van der Waals surface area contributed by atoms with E-state index in [1.54, 1.807) is 0 Å². The monoisotopic (exact) mass is 283 g/mol. The Hall–Kier alpha value is -1.51. The third-order valence-electron chi connectivity index (χ3n) is 6.33. The van der Waals surface area contributed by atoms with Gasteiger partial charge in [-0.15, -0.1) is 0 Å². The molecule has 2 saturated carbocycles. The molecule has 0 spiro atoms. The fourth-order valence-corrected chi connectivity index (χ4v) is 5.07. The van der Waals surface area contributed by atoms with Crippen LogP contribution in [0, 0.1) is 16.7 Å². The molecule has 3 heteroatoms. The second kappa shape index (κ2) is 4.02. The highest BCUT2D eigenvalue weighted by molar-refractivity contribution is 5.78. The number of aromatic nitrogens is 2. The zero-order valence-corrected chi connectivity index (χ0v) is 13.5. The van der Waals surface area contributed by atoms with Gasteiger partial charge in [-0.05, 0) is 48.1 Å². The second-order valence-corrected chi connectivity index (χ2v) is 7.98. The van der Waals surface area contributed by atoms with Crippen molar-refractivity contribution in [3.05, 3.63) is 24.3 Å². The molecule has 3 unspecified atom stereocenters. The lowest BCUT2D eigenvalue weighted by molar-refractivity contribution is 0.154. The average Bonchev–Trinajstić information content (AvgIpc) is 3.03. The Balaban J connectivity index is 1.73. The van der Waals surface area contributed by atoms with Crippen LogP contribution in [0.25, 0.3) is 11.0 Å². The Kier molecular flexibility index (Phi) is 2.52. The summed E-state index contributed by atoms with van der Waals surface area (Å²) in [6.45, 7) is 7.33. The lowest BCUT2D eigenvalue weighted by atomic mass is 9.68. The first-order valence-corrected chi connectivity index (χ1v) is 8.10. The van der Waals surface area contributed by atoms with E-state index in [0.717, 1.165) is 17.4 Å². The summed E-state index contributed by atoms with van der Waals surface area (Å²) in [6.07, 6.45) is 4.11. The molecule has 0 saturated heterocycles. The molecule has 3 nitrogen and oxygen atoms in total. The van der Waals surface area contributed by atoms with Gasteiger partial charge in [0.15, 0.2) is 0 Å². The summed E-state index contributed by atoms with van der Waals surface area (Å²) in [5.74, 6) is 1.87. The van der Waals surface area contributed by atoms with Crippen LogP contribution in [0.2, 0.25) is 0 Å². The van der Waals surface area contributed by atoms with E-state index in [1.165, 1.54) is 24.8 Å². The quantitative estimate of drug-likeness (QED) is 0.895. The molecule has 0 aliphatic heterocycles. The van der Waals surface area contributed by atoms with Crippen LogP contribution in [0.1, 0.15) is 40.0 Å². The maximum atomic E-state index is 4.81. The third kappa shape index (κ3) is 1.69. The molecule has 3 atom stereocenters. The van der Waals surface area contributed by atoms with Crippen LogP contribution in [0.4, 0.5) is 5.95 Å². The third-order valence-corrected chi connectivity index (χ3v) is 6.33.